The van der Waals surface area contributed by atoms with E-state index in [0.717, 1.165) is 37.0 Å². The van der Waals surface area contributed by atoms with Crippen LogP contribution < -0.4 is 9.47 Å². The normalized spacial score (nSPS) is 21.0. The first-order valence-corrected chi connectivity index (χ1v) is 8.13. The van der Waals surface area contributed by atoms with E-state index in [1.807, 2.05) is 24.3 Å². The second-order valence-corrected chi connectivity index (χ2v) is 6.08. The molecule has 0 atom stereocenters. The van der Waals surface area contributed by atoms with Crippen LogP contribution in [0.25, 0.3) is 0 Å². The van der Waals surface area contributed by atoms with E-state index >= 15 is 0 Å². The third kappa shape index (κ3) is 4.01. The van der Waals surface area contributed by atoms with Crippen molar-refractivity contribution in [1.29, 1.82) is 0 Å². The van der Waals surface area contributed by atoms with Gasteiger partial charge in [-0.1, -0.05) is 6.07 Å². The monoisotopic (exact) mass is 315 g/mol. The molecule has 0 aliphatic heterocycles. The van der Waals surface area contributed by atoms with Crippen LogP contribution in [0.1, 0.15) is 37.2 Å². The molecule has 2 aromatic rings. The number of pyridine rings is 1. The molecular weight excluding hydrogens is 293 g/mol. The van der Waals surface area contributed by atoms with Gasteiger partial charge < -0.3 is 9.47 Å². The molecule has 0 bridgehead atoms. The molecule has 1 heterocycles. The Morgan fingerprint density at radius 3 is 2.65 bits per heavy atom. The van der Waals surface area contributed by atoms with Crippen LogP contribution in [-0.2, 0) is 0 Å². The largest absolute Gasteiger partial charge is 0.497 e. The van der Waals surface area contributed by atoms with Crippen molar-refractivity contribution < 1.29 is 13.9 Å². The molecule has 3 nitrogen and oxygen atoms in total. The van der Waals surface area contributed by atoms with Crippen LogP contribution >= 0.6 is 0 Å². The minimum atomic E-state index is -0.126. The van der Waals surface area contributed by atoms with E-state index in [2.05, 4.69) is 4.98 Å². The molecule has 1 aliphatic rings. The standard InChI is InChI=1S/C19H22FNO2/c1-22-16-9-10-18(20)17(12-16)15-7-5-14(6-8-15)13-23-19-4-2-3-11-21-19/h2-4,9-12,14-15H,5-8,13H2,1H3. The maximum Gasteiger partial charge on any atom is 0.213 e. The van der Waals surface area contributed by atoms with E-state index in [-0.39, 0.29) is 11.7 Å². The summed E-state index contributed by atoms with van der Waals surface area (Å²) < 4.78 is 25.0. The SMILES string of the molecule is COc1ccc(F)c(C2CCC(COc3ccccn3)CC2)c1. The number of ether oxygens (including phenoxy) is 2. The van der Waals surface area contributed by atoms with Crippen LogP contribution in [0.2, 0.25) is 0 Å². The second kappa shape index (κ2) is 7.44. The zero-order valence-corrected chi connectivity index (χ0v) is 13.4. The molecule has 0 radical (unpaired) electrons. The molecule has 1 fully saturated rings. The molecule has 4 heteroatoms. The Morgan fingerprint density at radius 1 is 1.13 bits per heavy atom. The molecule has 1 aromatic heterocycles. The van der Waals surface area contributed by atoms with Crippen LogP contribution in [0.5, 0.6) is 11.6 Å². The minimum Gasteiger partial charge on any atom is -0.497 e. The number of methoxy groups -OCH3 is 1. The lowest BCUT2D eigenvalue weighted by Gasteiger charge is -2.29. The molecule has 0 N–H and O–H groups in total. The van der Waals surface area contributed by atoms with Gasteiger partial charge in [0, 0.05) is 12.3 Å². The fraction of sp³-hybridized carbons (Fsp3) is 0.421. The first kappa shape index (κ1) is 15.8. The van der Waals surface area contributed by atoms with Gasteiger partial charge in [0.2, 0.25) is 5.88 Å². The Bertz CT molecular complexity index is 625. The molecule has 0 saturated heterocycles. The Labute approximate surface area is 136 Å². The van der Waals surface area contributed by atoms with Crippen molar-refractivity contribution >= 4 is 0 Å². The van der Waals surface area contributed by atoms with Crippen molar-refractivity contribution in [3.8, 4) is 11.6 Å². The summed E-state index contributed by atoms with van der Waals surface area (Å²) in [5.74, 6) is 2.06. The molecule has 0 spiro atoms. The van der Waals surface area contributed by atoms with E-state index in [4.69, 9.17) is 9.47 Å². The lowest BCUT2D eigenvalue weighted by atomic mass is 9.79. The van der Waals surface area contributed by atoms with Gasteiger partial charge in [-0.25, -0.2) is 9.37 Å². The van der Waals surface area contributed by atoms with Gasteiger partial charge in [0.15, 0.2) is 0 Å². The fourth-order valence-corrected chi connectivity index (χ4v) is 3.24. The molecule has 0 unspecified atom stereocenters. The number of halogens is 1. The topological polar surface area (TPSA) is 31.4 Å². The van der Waals surface area contributed by atoms with E-state index in [1.54, 1.807) is 19.4 Å². The molecular formula is C19H22FNO2. The van der Waals surface area contributed by atoms with Crippen molar-refractivity contribution in [3.63, 3.8) is 0 Å². The van der Waals surface area contributed by atoms with E-state index in [9.17, 15) is 4.39 Å². The highest BCUT2D eigenvalue weighted by molar-refractivity contribution is 5.32. The maximum absolute atomic E-state index is 14.1. The maximum atomic E-state index is 14.1. The Balaban J connectivity index is 1.54. The molecule has 0 amide bonds. The summed E-state index contributed by atoms with van der Waals surface area (Å²) in [5.41, 5.74) is 0.786. The number of hydrogen-bond donors (Lipinski definition) is 0. The third-order valence-corrected chi connectivity index (χ3v) is 4.59. The Hall–Kier alpha value is -2.10. The molecule has 122 valence electrons. The van der Waals surface area contributed by atoms with Crippen LogP contribution in [0.15, 0.2) is 42.6 Å². The number of nitrogens with zero attached hydrogens (tertiary/aromatic N) is 1. The summed E-state index contributed by atoms with van der Waals surface area (Å²) in [5, 5.41) is 0. The molecule has 3 rings (SSSR count). The van der Waals surface area contributed by atoms with Gasteiger partial charge in [0.1, 0.15) is 11.6 Å². The third-order valence-electron chi connectivity index (χ3n) is 4.59. The zero-order chi connectivity index (χ0) is 16.1. The van der Waals surface area contributed by atoms with Crippen molar-refractivity contribution in [2.24, 2.45) is 5.92 Å². The summed E-state index contributed by atoms with van der Waals surface area (Å²) in [4.78, 5) is 4.17. The average molecular weight is 315 g/mol. The first-order chi connectivity index (χ1) is 11.3. The number of aromatic nitrogens is 1. The number of hydrogen-bond acceptors (Lipinski definition) is 3. The number of rotatable bonds is 5. The van der Waals surface area contributed by atoms with Crippen LogP contribution in [-0.4, -0.2) is 18.7 Å². The summed E-state index contributed by atoms with van der Waals surface area (Å²) >= 11 is 0. The van der Waals surface area contributed by atoms with Crippen LogP contribution in [0.3, 0.4) is 0 Å². The molecule has 1 aliphatic carbocycles. The van der Waals surface area contributed by atoms with Crippen molar-refractivity contribution in [3.05, 3.63) is 54.0 Å². The van der Waals surface area contributed by atoms with Gasteiger partial charge in [-0.2, -0.15) is 0 Å². The summed E-state index contributed by atoms with van der Waals surface area (Å²) in [6.07, 6.45) is 5.81. The van der Waals surface area contributed by atoms with Gasteiger partial charge >= 0.3 is 0 Å². The molecule has 1 aromatic carbocycles. The van der Waals surface area contributed by atoms with E-state index in [0.29, 0.717) is 18.4 Å². The Morgan fingerprint density at radius 2 is 1.96 bits per heavy atom. The first-order valence-electron chi connectivity index (χ1n) is 8.13. The highest BCUT2D eigenvalue weighted by Crippen LogP contribution is 2.38. The van der Waals surface area contributed by atoms with Gasteiger partial charge in [0.25, 0.3) is 0 Å². The predicted molar refractivity (Wildman–Crippen MR) is 87.4 cm³/mol. The van der Waals surface area contributed by atoms with Gasteiger partial charge in [-0.3, -0.25) is 0 Å². The van der Waals surface area contributed by atoms with Crippen molar-refractivity contribution in [2.45, 2.75) is 31.6 Å². The highest BCUT2D eigenvalue weighted by Gasteiger charge is 2.25. The summed E-state index contributed by atoms with van der Waals surface area (Å²) in [6.45, 7) is 0.685. The van der Waals surface area contributed by atoms with Gasteiger partial charge in [0.05, 0.1) is 13.7 Å². The van der Waals surface area contributed by atoms with Gasteiger partial charge in [-0.15, -0.1) is 0 Å². The fourth-order valence-electron chi connectivity index (χ4n) is 3.24. The minimum absolute atomic E-state index is 0.126. The zero-order valence-electron chi connectivity index (χ0n) is 13.4. The van der Waals surface area contributed by atoms with Crippen molar-refractivity contribution in [2.75, 3.05) is 13.7 Å². The smallest absolute Gasteiger partial charge is 0.213 e. The number of benzene rings is 1. The Kier molecular flexibility index (Phi) is 5.11. The highest BCUT2D eigenvalue weighted by atomic mass is 19.1. The quantitative estimate of drug-likeness (QED) is 0.809. The lowest BCUT2D eigenvalue weighted by Crippen LogP contribution is -2.20. The summed E-state index contributed by atoms with van der Waals surface area (Å²) in [6, 6.07) is 10.7. The molecule has 1 saturated carbocycles. The summed E-state index contributed by atoms with van der Waals surface area (Å²) in [7, 11) is 1.61. The van der Waals surface area contributed by atoms with E-state index < -0.39 is 0 Å². The molecule has 23 heavy (non-hydrogen) atoms. The predicted octanol–water partition coefficient (Wildman–Crippen LogP) is 4.58. The van der Waals surface area contributed by atoms with Crippen molar-refractivity contribution in [1.82, 2.24) is 4.98 Å². The van der Waals surface area contributed by atoms with E-state index in [1.165, 1.54) is 6.07 Å². The lowest BCUT2D eigenvalue weighted by molar-refractivity contribution is 0.194. The van der Waals surface area contributed by atoms with Gasteiger partial charge in [-0.05, 0) is 67.3 Å². The van der Waals surface area contributed by atoms with Crippen LogP contribution in [0.4, 0.5) is 4.39 Å². The second-order valence-electron chi connectivity index (χ2n) is 6.08. The average Bonchev–Trinajstić information content (AvgIpc) is 2.62. The van der Waals surface area contributed by atoms with Crippen LogP contribution in [0, 0.1) is 11.7 Å².